The molecule has 0 spiro atoms. The number of aryl methyl sites for hydroxylation is 1. The number of imidazole rings is 1. The van der Waals surface area contributed by atoms with Crippen LogP contribution in [0.5, 0.6) is 0 Å². The second-order valence-electron chi connectivity index (χ2n) is 2.22. The van der Waals surface area contributed by atoms with Gasteiger partial charge in [-0.3, -0.25) is 0 Å². The Morgan fingerprint density at radius 2 is 2.50 bits per heavy atom. The van der Waals surface area contributed by atoms with Gasteiger partial charge in [0.25, 0.3) is 0 Å². The summed E-state index contributed by atoms with van der Waals surface area (Å²) in [7, 11) is 0. The molecule has 0 aliphatic heterocycles. The predicted octanol–water partition coefficient (Wildman–Crippen LogP) is 0.865. The van der Waals surface area contributed by atoms with Gasteiger partial charge in [-0.25, -0.2) is 4.98 Å². The van der Waals surface area contributed by atoms with Crippen LogP contribution in [0.3, 0.4) is 0 Å². The first-order valence-corrected chi connectivity index (χ1v) is 4.18. The van der Waals surface area contributed by atoms with Gasteiger partial charge in [-0.05, 0) is 6.92 Å². The maximum atomic E-state index is 4.09. The van der Waals surface area contributed by atoms with Crippen molar-refractivity contribution in [3.63, 3.8) is 0 Å². The smallest absolute Gasteiger partial charge is 0.189 e. The molecule has 2 aromatic rings. The van der Waals surface area contributed by atoms with Crippen molar-refractivity contribution in [3.8, 4) is 0 Å². The normalized spacial score (nSPS) is 10.4. The molecular weight excluding hydrogens is 174 g/mol. The van der Waals surface area contributed by atoms with Gasteiger partial charge < -0.3 is 4.98 Å². The van der Waals surface area contributed by atoms with Crippen molar-refractivity contribution in [2.24, 2.45) is 0 Å². The SMILES string of the molecule is Cc1cnn(Sc2ncc[nH]2)n1. The highest BCUT2D eigenvalue weighted by Crippen LogP contribution is 2.11. The van der Waals surface area contributed by atoms with Gasteiger partial charge in [0.05, 0.1) is 23.8 Å². The van der Waals surface area contributed by atoms with Crippen LogP contribution < -0.4 is 0 Å². The van der Waals surface area contributed by atoms with E-state index in [-0.39, 0.29) is 0 Å². The van der Waals surface area contributed by atoms with Crippen molar-refractivity contribution >= 4 is 11.9 Å². The van der Waals surface area contributed by atoms with Gasteiger partial charge in [0, 0.05) is 12.4 Å². The van der Waals surface area contributed by atoms with Crippen LogP contribution >= 0.6 is 11.9 Å². The van der Waals surface area contributed by atoms with Crippen LogP contribution in [-0.4, -0.2) is 24.4 Å². The maximum Gasteiger partial charge on any atom is 0.189 e. The monoisotopic (exact) mass is 181 g/mol. The Bertz CT molecular complexity index is 352. The Hall–Kier alpha value is -1.30. The third-order valence-electron chi connectivity index (χ3n) is 1.23. The Morgan fingerprint density at radius 1 is 1.58 bits per heavy atom. The molecule has 0 radical (unpaired) electrons. The third-order valence-corrected chi connectivity index (χ3v) is 1.96. The molecule has 5 nitrogen and oxygen atoms in total. The summed E-state index contributed by atoms with van der Waals surface area (Å²) in [5.41, 5.74) is 0.897. The first-order valence-electron chi connectivity index (χ1n) is 3.41. The highest BCUT2D eigenvalue weighted by molar-refractivity contribution is 7.97. The molecule has 0 saturated heterocycles. The summed E-state index contributed by atoms with van der Waals surface area (Å²) in [4.78, 5) is 6.97. The van der Waals surface area contributed by atoms with Crippen molar-refractivity contribution in [3.05, 3.63) is 24.3 Å². The third kappa shape index (κ3) is 1.48. The van der Waals surface area contributed by atoms with Crippen molar-refractivity contribution in [2.75, 3.05) is 0 Å². The molecule has 2 rings (SSSR count). The van der Waals surface area contributed by atoms with E-state index in [9.17, 15) is 0 Å². The van der Waals surface area contributed by atoms with E-state index in [1.165, 1.54) is 16.1 Å². The molecule has 2 aromatic heterocycles. The van der Waals surface area contributed by atoms with Crippen LogP contribution in [0.25, 0.3) is 0 Å². The van der Waals surface area contributed by atoms with E-state index in [4.69, 9.17) is 0 Å². The lowest BCUT2D eigenvalue weighted by atomic mass is 10.6. The largest absolute Gasteiger partial charge is 0.338 e. The molecule has 2 heterocycles. The molecule has 62 valence electrons. The fourth-order valence-electron chi connectivity index (χ4n) is 0.742. The van der Waals surface area contributed by atoms with Gasteiger partial charge in [-0.2, -0.15) is 0 Å². The summed E-state index contributed by atoms with van der Waals surface area (Å²) >= 11 is 1.34. The highest BCUT2D eigenvalue weighted by Gasteiger charge is 1.99. The maximum absolute atomic E-state index is 4.09. The van der Waals surface area contributed by atoms with Crippen LogP contribution in [0, 0.1) is 6.92 Å². The average molecular weight is 181 g/mol. The van der Waals surface area contributed by atoms with Crippen LogP contribution in [-0.2, 0) is 0 Å². The summed E-state index contributed by atoms with van der Waals surface area (Å²) in [6, 6.07) is 0. The van der Waals surface area contributed by atoms with E-state index < -0.39 is 0 Å². The zero-order valence-electron chi connectivity index (χ0n) is 6.43. The number of nitrogens with one attached hydrogen (secondary N) is 1. The van der Waals surface area contributed by atoms with Crippen LogP contribution in [0.1, 0.15) is 5.69 Å². The second-order valence-corrected chi connectivity index (χ2v) is 3.12. The lowest BCUT2D eigenvalue weighted by Crippen LogP contribution is -1.92. The summed E-state index contributed by atoms with van der Waals surface area (Å²) in [5, 5.41) is 8.88. The molecule has 0 atom stereocenters. The standard InChI is InChI=1S/C6H7N5S/c1-5-4-9-11(10-5)12-6-7-2-3-8-6/h2-4H,1H3,(H,7,8). The van der Waals surface area contributed by atoms with E-state index in [0.29, 0.717) is 0 Å². The summed E-state index contributed by atoms with van der Waals surface area (Å²) in [5.74, 6) is 0. The molecule has 0 aromatic carbocycles. The van der Waals surface area contributed by atoms with E-state index in [0.717, 1.165) is 10.9 Å². The molecule has 0 fully saturated rings. The summed E-state index contributed by atoms with van der Waals surface area (Å²) < 4.78 is 1.52. The number of rotatable bonds is 2. The number of H-pyrrole nitrogens is 1. The molecule has 12 heavy (non-hydrogen) atoms. The Morgan fingerprint density at radius 3 is 3.08 bits per heavy atom. The van der Waals surface area contributed by atoms with E-state index in [2.05, 4.69) is 20.2 Å². The molecular formula is C6H7N5S. The van der Waals surface area contributed by atoms with Crippen molar-refractivity contribution < 1.29 is 0 Å². The van der Waals surface area contributed by atoms with Gasteiger partial charge in [-0.1, -0.05) is 0 Å². The highest BCUT2D eigenvalue weighted by atomic mass is 32.2. The summed E-state index contributed by atoms with van der Waals surface area (Å²) in [6.45, 7) is 1.90. The Balaban J connectivity index is 2.14. The fourth-order valence-corrected chi connectivity index (χ4v) is 1.39. The molecule has 6 heteroatoms. The van der Waals surface area contributed by atoms with Crippen LogP contribution in [0.15, 0.2) is 23.7 Å². The van der Waals surface area contributed by atoms with E-state index in [1.54, 1.807) is 18.6 Å². The number of aromatic amines is 1. The number of nitrogens with zero attached hydrogens (tertiary/aromatic N) is 4. The number of hydrogen-bond acceptors (Lipinski definition) is 4. The fraction of sp³-hybridized carbons (Fsp3) is 0.167. The topological polar surface area (TPSA) is 59.4 Å². The van der Waals surface area contributed by atoms with Gasteiger partial charge in [0.15, 0.2) is 5.16 Å². The van der Waals surface area contributed by atoms with Crippen molar-refractivity contribution in [1.82, 2.24) is 24.4 Å². The van der Waals surface area contributed by atoms with Gasteiger partial charge in [0.1, 0.15) is 0 Å². The Labute approximate surface area is 73.3 Å². The molecule has 0 saturated carbocycles. The minimum atomic E-state index is 0.783. The number of hydrogen-bond donors (Lipinski definition) is 1. The predicted molar refractivity (Wildman–Crippen MR) is 44.6 cm³/mol. The lowest BCUT2D eigenvalue weighted by Gasteiger charge is -1.91. The van der Waals surface area contributed by atoms with E-state index in [1.807, 2.05) is 6.92 Å². The van der Waals surface area contributed by atoms with Gasteiger partial charge >= 0.3 is 0 Å². The quantitative estimate of drug-likeness (QED) is 0.746. The molecule has 1 N–H and O–H groups in total. The Kier molecular flexibility index (Phi) is 1.83. The molecule has 0 bridgehead atoms. The van der Waals surface area contributed by atoms with Gasteiger partial charge in [-0.15, -0.1) is 14.4 Å². The van der Waals surface area contributed by atoms with Crippen molar-refractivity contribution in [1.29, 1.82) is 0 Å². The zero-order chi connectivity index (χ0) is 8.39. The lowest BCUT2D eigenvalue weighted by molar-refractivity contribution is 0.844. The molecule has 0 aliphatic carbocycles. The van der Waals surface area contributed by atoms with E-state index >= 15 is 0 Å². The first kappa shape index (κ1) is 7.35. The molecule has 0 amide bonds. The van der Waals surface area contributed by atoms with Crippen molar-refractivity contribution in [2.45, 2.75) is 12.1 Å². The number of aromatic nitrogens is 5. The van der Waals surface area contributed by atoms with Gasteiger partial charge in [0.2, 0.25) is 0 Å². The average Bonchev–Trinajstić information content (AvgIpc) is 2.63. The minimum Gasteiger partial charge on any atom is -0.338 e. The molecule has 0 aliphatic rings. The zero-order valence-corrected chi connectivity index (χ0v) is 7.25. The minimum absolute atomic E-state index is 0.783. The molecule has 0 unspecified atom stereocenters. The van der Waals surface area contributed by atoms with Crippen LogP contribution in [0.4, 0.5) is 0 Å². The first-order chi connectivity index (χ1) is 5.84. The van der Waals surface area contributed by atoms with Crippen LogP contribution in [0.2, 0.25) is 0 Å². The second kappa shape index (κ2) is 2.98. The summed E-state index contributed by atoms with van der Waals surface area (Å²) in [6.07, 6.45) is 5.16.